The third kappa shape index (κ3) is 4.16. The van der Waals surface area contributed by atoms with E-state index in [0.29, 0.717) is 5.56 Å². The molecule has 0 saturated heterocycles. The molecule has 1 heterocycles. The number of hydrogen-bond acceptors (Lipinski definition) is 6. The van der Waals surface area contributed by atoms with E-state index in [2.05, 4.69) is 25.9 Å². The molecule has 27 heavy (non-hydrogen) atoms. The van der Waals surface area contributed by atoms with Gasteiger partial charge >= 0.3 is 0 Å². The number of carbonyl (C=O) groups excluding carboxylic acids is 1. The summed E-state index contributed by atoms with van der Waals surface area (Å²) in [4.78, 5) is 13.5. The summed E-state index contributed by atoms with van der Waals surface area (Å²) in [6.07, 6.45) is 1.53. The fourth-order valence-electron chi connectivity index (χ4n) is 2.40. The van der Waals surface area contributed by atoms with Gasteiger partial charge in [-0.05, 0) is 40.6 Å². The predicted octanol–water partition coefficient (Wildman–Crippen LogP) is 2.55. The fourth-order valence-corrected chi connectivity index (χ4v) is 2.40. The third-order valence-corrected chi connectivity index (χ3v) is 3.85. The van der Waals surface area contributed by atoms with Crippen LogP contribution in [-0.4, -0.2) is 45.5 Å². The molecule has 134 valence electrons. The molecule has 2 aromatic carbocycles. The molecule has 0 spiro atoms. The number of nitriles is 1. The van der Waals surface area contributed by atoms with Gasteiger partial charge < -0.3 is 10.2 Å². The molecule has 3 rings (SSSR count). The SMILES string of the molecule is CN(C)C(=O)c1ccc(-c2ccc(NC=C(C#N)c3nn[nH]n3)cc2)cc1. The van der Waals surface area contributed by atoms with Crippen LogP contribution in [0.4, 0.5) is 5.69 Å². The molecule has 0 aliphatic rings. The monoisotopic (exact) mass is 359 g/mol. The Balaban J connectivity index is 1.72. The van der Waals surface area contributed by atoms with Gasteiger partial charge in [-0.25, -0.2) is 0 Å². The van der Waals surface area contributed by atoms with Crippen molar-refractivity contribution < 1.29 is 4.79 Å². The van der Waals surface area contributed by atoms with Gasteiger partial charge in [0.25, 0.3) is 5.91 Å². The van der Waals surface area contributed by atoms with E-state index < -0.39 is 0 Å². The molecule has 1 amide bonds. The summed E-state index contributed by atoms with van der Waals surface area (Å²) in [5, 5.41) is 25.5. The number of anilines is 1. The van der Waals surface area contributed by atoms with Crippen molar-refractivity contribution in [1.82, 2.24) is 25.5 Å². The zero-order valence-electron chi connectivity index (χ0n) is 14.8. The zero-order chi connectivity index (χ0) is 19.2. The van der Waals surface area contributed by atoms with E-state index in [1.54, 1.807) is 19.0 Å². The van der Waals surface area contributed by atoms with Crippen LogP contribution in [0, 0.1) is 11.3 Å². The number of amides is 1. The standard InChI is InChI=1S/C19H17N7O/c1-26(2)19(27)15-5-3-13(4-6-15)14-7-9-17(10-8-14)21-12-16(11-20)18-22-24-25-23-18/h3-10,12,21H,1-2H3,(H,22,23,24,25). The van der Waals surface area contributed by atoms with E-state index in [1.165, 1.54) is 6.20 Å². The van der Waals surface area contributed by atoms with E-state index in [0.717, 1.165) is 16.8 Å². The van der Waals surface area contributed by atoms with Gasteiger partial charge in [-0.15, -0.1) is 10.2 Å². The highest BCUT2D eigenvalue weighted by Crippen LogP contribution is 2.22. The van der Waals surface area contributed by atoms with E-state index in [-0.39, 0.29) is 17.3 Å². The fraction of sp³-hybridized carbons (Fsp3) is 0.105. The average Bonchev–Trinajstić information content (AvgIpc) is 3.23. The number of nitrogens with zero attached hydrogens (tertiary/aromatic N) is 5. The average molecular weight is 359 g/mol. The molecule has 2 N–H and O–H groups in total. The highest BCUT2D eigenvalue weighted by molar-refractivity contribution is 5.94. The minimum atomic E-state index is -0.0252. The lowest BCUT2D eigenvalue weighted by Gasteiger charge is -2.10. The zero-order valence-corrected chi connectivity index (χ0v) is 14.8. The van der Waals surface area contributed by atoms with E-state index in [9.17, 15) is 4.79 Å². The topological polar surface area (TPSA) is 111 Å². The lowest BCUT2D eigenvalue weighted by atomic mass is 10.0. The molecular formula is C19H17N7O. The van der Waals surface area contributed by atoms with Crippen molar-refractivity contribution in [2.75, 3.05) is 19.4 Å². The van der Waals surface area contributed by atoms with Gasteiger partial charge in [-0.3, -0.25) is 4.79 Å². The van der Waals surface area contributed by atoms with E-state index in [1.807, 2.05) is 54.6 Å². The van der Waals surface area contributed by atoms with Crippen LogP contribution in [0.3, 0.4) is 0 Å². The molecule has 0 aliphatic heterocycles. The molecule has 8 nitrogen and oxygen atoms in total. The Morgan fingerprint density at radius 2 is 1.74 bits per heavy atom. The molecule has 0 aliphatic carbocycles. The van der Waals surface area contributed by atoms with Gasteiger partial charge in [0.1, 0.15) is 11.6 Å². The Hall–Kier alpha value is -3.99. The quantitative estimate of drug-likeness (QED) is 0.677. The van der Waals surface area contributed by atoms with E-state index >= 15 is 0 Å². The van der Waals surface area contributed by atoms with Crippen molar-refractivity contribution in [3.05, 3.63) is 66.1 Å². The van der Waals surface area contributed by atoms with Gasteiger partial charge in [0.15, 0.2) is 0 Å². The van der Waals surface area contributed by atoms with E-state index in [4.69, 9.17) is 5.26 Å². The van der Waals surface area contributed by atoms with Crippen LogP contribution in [0.1, 0.15) is 16.2 Å². The number of aromatic nitrogens is 4. The Labute approximate surface area is 156 Å². The van der Waals surface area contributed by atoms with Crippen LogP contribution >= 0.6 is 0 Å². The second-order valence-electron chi connectivity index (χ2n) is 5.90. The van der Waals surface area contributed by atoms with Crippen molar-refractivity contribution in [3.8, 4) is 17.2 Å². The number of hydrogen-bond donors (Lipinski definition) is 2. The maximum absolute atomic E-state index is 11.9. The van der Waals surface area contributed by atoms with Crippen molar-refractivity contribution in [2.24, 2.45) is 0 Å². The summed E-state index contributed by atoms with van der Waals surface area (Å²) in [5.74, 6) is 0.205. The molecular weight excluding hydrogens is 342 g/mol. The normalized spacial score (nSPS) is 10.9. The number of carbonyl (C=O) groups is 1. The van der Waals surface area contributed by atoms with Crippen LogP contribution in [0.2, 0.25) is 0 Å². The molecule has 0 radical (unpaired) electrons. The smallest absolute Gasteiger partial charge is 0.253 e. The molecule has 0 bridgehead atoms. The van der Waals surface area contributed by atoms with Crippen molar-refractivity contribution >= 4 is 17.2 Å². The maximum atomic E-state index is 11.9. The second kappa shape index (κ2) is 7.93. The van der Waals surface area contributed by atoms with Gasteiger partial charge in [-0.1, -0.05) is 24.3 Å². The summed E-state index contributed by atoms with van der Waals surface area (Å²) in [7, 11) is 3.46. The van der Waals surface area contributed by atoms with Gasteiger partial charge in [0, 0.05) is 31.5 Å². The minimum absolute atomic E-state index is 0.0252. The number of tetrazole rings is 1. The van der Waals surface area contributed by atoms with Crippen LogP contribution in [-0.2, 0) is 0 Å². The number of H-pyrrole nitrogens is 1. The van der Waals surface area contributed by atoms with Crippen LogP contribution in [0.25, 0.3) is 16.7 Å². The summed E-state index contributed by atoms with van der Waals surface area (Å²) < 4.78 is 0. The maximum Gasteiger partial charge on any atom is 0.253 e. The Morgan fingerprint density at radius 1 is 1.11 bits per heavy atom. The highest BCUT2D eigenvalue weighted by atomic mass is 16.2. The molecule has 0 atom stereocenters. The number of nitrogens with one attached hydrogen (secondary N) is 2. The van der Waals surface area contributed by atoms with Crippen LogP contribution < -0.4 is 5.32 Å². The van der Waals surface area contributed by atoms with Crippen molar-refractivity contribution in [3.63, 3.8) is 0 Å². The molecule has 0 unspecified atom stereocenters. The largest absolute Gasteiger partial charge is 0.360 e. The Bertz CT molecular complexity index is 982. The van der Waals surface area contributed by atoms with Crippen molar-refractivity contribution in [1.29, 1.82) is 5.26 Å². The van der Waals surface area contributed by atoms with Crippen LogP contribution in [0.5, 0.6) is 0 Å². The minimum Gasteiger partial charge on any atom is -0.360 e. The predicted molar refractivity (Wildman–Crippen MR) is 101 cm³/mol. The van der Waals surface area contributed by atoms with Crippen LogP contribution in [0.15, 0.2) is 54.7 Å². The molecule has 1 aromatic heterocycles. The first-order valence-corrected chi connectivity index (χ1v) is 8.11. The highest BCUT2D eigenvalue weighted by Gasteiger charge is 2.08. The molecule has 0 fully saturated rings. The molecule has 3 aromatic rings. The summed E-state index contributed by atoms with van der Waals surface area (Å²) in [6.45, 7) is 0. The third-order valence-electron chi connectivity index (χ3n) is 3.85. The first kappa shape index (κ1) is 17.8. The molecule has 8 heteroatoms. The van der Waals surface area contributed by atoms with Gasteiger partial charge in [0.2, 0.25) is 5.82 Å². The van der Waals surface area contributed by atoms with Crippen molar-refractivity contribution in [2.45, 2.75) is 0 Å². The Morgan fingerprint density at radius 3 is 2.26 bits per heavy atom. The van der Waals surface area contributed by atoms with Gasteiger partial charge in [0.05, 0.1) is 0 Å². The summed E-state index contributed by atoms with van der Waals surface area (Å²) in [6, 6.07) is 17.2. The molecule has 0 saturated carbocycles. The Kier molecular flexibility index (Phi) is 5.23. The lowest BCUT2D eigenvalue weighted by molar-refractivity contribution is 0.0827. The number of aromatic amines is 1. The second-order valence-corrected chi connectivity index (χ2v) is 5.90. The summed E-state index contributed by atoms with van der Waals surface area (Å²) in [5.41, 5.74) is 3.77. The first-order valence-electron chi connectivity index (χ1n) is 8.11. The first-order chi connectivity index (χ1) is 13.1. The number of benzene rings is 2. The van der Waals surface area contributed by atoms with Gasteiger partial charge in [-0.2, -0.15) is 10.5 Å². The summed E-state index contributed by atoms with van der Waals surface area (Å²) >= 11 is 0. The number of allylic oxidation sites excluding steroid dienone is 1. The lowest BCUT2D eigenvalue weighted by Crippen LogP contribution is -2.21. The number of rotatable bonds is 5.